The Bertz CT molecular complexity index is 621. The van der Waals surface area contributed by atoms with Crippen molar-refractivity contribution in [2.24, 2.45) is 9.98 Å². The Morgan fingerprint density at radius 3 is 1.75 bits per heavy atom. The van der Waals surface area contributed by atoms with Gasteiger partial charge in [0.15, 0.2) is 6.17 Å². The predicted molar refractivity (Wildman–Crippen MR) is 90.9 cm³/mol. The number of aliphatic imine (C=N–C) groups is 2. The number of nitrogens with zero attached hydrogens (tertiary/aromatic N) is 2. The first kappa shape index (κ1) is 13.4. The second kappa shape index (κ2) is 6.74. The highest BCUT2D eigenvalue weighted by atomic mass is 32.1. The molecule has 0 aliphatic heterocycles. The van der Waals surface area contributed by atoms with Crippen LogP contribution in [0.1, 0.15) is 20.8 Å². The molecule has 3 heterocycles. The summed E-state index contributed by atoms with van der Waals surface area (Å²) in [5, 5.41) is 6.16. The Morgan fingerprint density at radius 2 is 1.30 bits per heavy atom. The molecule has 0 aliphatic carbocycles. The lowest BCUT2D eigenvalue weighted by Gasteiger charge is -2.03. The Hall–Kier alpha value is -1.56. The molecule has 0 saturated heterocycles. The zero-order chi connectivity index (χ0) is 13.6. The van der Waals surface area contributed by atoms with Crippen LogP contribution in [-0.2, 0) is 0 Å². The monoisotopic (exact) mass is 316 g/mol. The molecule has 3 aromatic rings. The van der Waals surface area contributed by atoms with E-state index in [0.29, 0.717) is 0 Å². The molecule has 0 aliphatic rings. The molecular weight excluding hydrogens is 304 g/mol. The van der Waals surface area contributed by atoms with E-state index in [-0.39, 0.29) is 6.17 Å². The fourth-order valence-corrected chi connectivity index (χ4v) is 3.54. The van der Waals surface area contributed by atoms with Crippen molar-refractivity contribution < 1.29 is 0 Å². The third-order valence-corrected chi connectivity index (χ3v) is 5.10. The normalized spacial score (nSPS) is 12.1. The van der Waals surface area contributed by atoms with Crippen molar-refractivity contribution in [1.82, 2.24) is 0 Å². The Balaban J connectivity index is 1.81. The van der Waals surface area contributed by atoms with Crippen LogP contribution in [0.25, 0.3) is 0 Å². The minimum absolute atomic E-state index is 0.154. The van der Waals surface area contributed by atoms with Crippen LogP contribution in [0.4, 0.5) is 0 Å². The second-order valence-corrected chi connectivity index (χ2v) is 6.91. The quantitative estimate of drug-likeness (QED) is 0.585. The third-order valence-electron chi connectivity index (χ3n) is 2.57. The summed E-state index contributed by atoms with van der Waals surface area (Å²) in [5.41, 5.74) is 0. The Morgan fingerprint density at radius 1 is 0.750 bits per heavy atom. The van der Waals surface area contributed by atoms with Crippen LogP contribution >= 0.6 is 34.0 Å². The minimum atomic E-state index is -0.154. The van der Waals surface area contributed by atoms with E-state index in [9.17, 15) is 0 Å². The van der Waals surface area contributed by atoms with Gasteiger partial charge in [0.2, 0.25) is 0 Å². The zero-order valence-electron chi connectivity index (χ0n) is 10.5. The van der Waals surface area contributed by atoms with Gasteiger partial charge in [0.25, 0.3) is 0 Å². The third kappa shape index (κ3) is 3.50. The largest absolute Gasteiger partial charge is 0.259 e. The molecule has 0 spiro atoms. The summed E-state index contributed by atoms with van der Waals surface area (Å²) in [5.74, 6) is 0. The van der Waals surface area contributed by atoms with Crippen molar-refractivity contribution in [3.05, 3.63) is 67.2 Å². The maximum atomic E-state index is 4.61. The van der Waals surface area contributed by atoms with Gasteiger partial charge in [-0.3, -0.25) is 9.98 Å². The lowest BCUT2D eigenvalue weighted by atomic mass is 10.4. The van der Waals surface area contributed by atoms with Gasteiger partial charge in [-0.2, -0.15) is 0 Å². The van der Waals surface area contributed by atoms with Crippen LogP contribution in [0, 0.1) is 0 Å². The molecule has 0 N–H and O–H groups in total. The van der Waals surface area contributed by atoms with Gasteiger partial charge in [-0.25, -0.2) is 0 Å². The van der Waals surface area contributed by atoms with E-state index in [1.165, 1.54) is 0 Å². The molecule has 100 valence electrons. The van der Waals surface area contributed by atoms with Crippen LogP contribution in [0.2, 0.25) is 0 Å². The standard InChI is InChI=1S/C15H12N2S3/c1-4-12(18-7-1)10-16-15(14-6-3-9-20-14)17-11-13-5-2-8-19-13/h1-11,15H/b16-10-,17-11-. The summed E-state index contributed by atoms with van der Waals surface area (Å²) in [4.78, 5) is 12.7. The molecule has 0 fully saturated rings. The molecule has 20 heavy (non-hydrogen) atoms. The summed E-state index contributed by atoms with van der Waals surface area (Å²) in [6.07, 6.45) is 3.65. The molecule has 3 aromatic heterocycles. The highest BCUT2D eigenvalue weighted by Gasteiger charge is 2.07. The first-order chi connectivity index (χ1) is 9.92. The second-order valence-electron chi connectivity index (χ2n) is 3.98. The average molecular weight is 316 g/mol. The average Bonchev–Trinajstić information content (AvgIpc) is 3.22. The molecule has 5 heteroatoms. The highest BCUT2D eigenvalue weighted by Crippen LogP contribution is 2.24. The van der Waals surface area contributed by atoms with Crippen LogP contribution in [-0.4, -0.2) is 12.4 Å². The highest BCUT2D eigenvalue weighted by molar-refractivity contribution is 7.12. The van der Waals surface area contributed by atoms with Crippen LogP contribution in [0.3, 0.4) is 0 Å². The van der Waals surface area contributed by atoms with E-state index in [1.807, 2.05) is 30.6 Å². The smallest absolute Gasteiger partial charge is 0.174 e. The summed E-state index contributed by atoms with van der Waals surface area (Å²) in [6.45, 7) is 0. The Labute approximate surface area is 129 Å². The van der Waals surface area contributed by atoms with Gasteiger partial charge < -0.3 is 0 Å². The lowest BCUT2D eigenvalue weighted by molar-refractivity contribution is 0.806. The first-order valence-corrected chi connectivity index (χ1v) is 8.72. The SMILES string of the molecule is C(=N/C(/N=C\c1cccs1)c1cccs1)/c1cccs1. The van der Waals surface area contributed by atoms with E-state index in [4.69, 9.17) is 0 Å². The van der Waals surface area contributed by atoms with Crippen molar-refractivity contribution >= 4 is 46.4 Å². The minimum Gasteiger partial charge on any atom is -0.259 e. The summed E-state index contributed by atoms with van der Waals surface area (Å²) in [6, 6.07) is 12.3. The molecule has 3 rings (SSSR count). The van der Waals surface area contributed by atoms with Gasteiger partial charge in [0.05, 0.1) is 4.88 Å². The van der Waals surface area contributed by atoms with Crippen molar-refractivity contribution in [2.75, 3.05) is 0 Å². The summed E-state index contributed by atoms with van der Waals surface area (Å²) in [7, 11) is 0. The molecule has 0 atom stereocenters. The maximum absolute atomic E-state index is 4.61. The van der Waals surface area contributed by atoms with Gasteiger partial charge in [-0.15, -0.1) is 34.0 Å². The number of thiophene rings is 3. The molecular formula is C15H12N2S3. The van der Waals surface area contributed by atoms with Crippen molar-refractivity contribution in [2.45, 2.75) is 6.17 Å². The maximum Gasteiger partial charge on any atom is 0.174 e. The van der Waals surface area contributed by atoms with Crippen LogP contribution in [0.15, 0.2) is 62.5 Å². The molecule has 0 unspecified atom stereocenters. The molecule has 0 saturated carbocycles. The molecule has 0 amide bonds. The van der Waals surface area contributed by atoms with E-state index >= 15 is 0 Å². The van der Waals surface area contributed by atoms with Crippen molar-refractivity contribution in [3.63, 3.8) is 0 Å². The number of hydrogen-bond acceptors (Lipinski definition) is 5. The lowest BCUT2D eigenvalue weighted by Crippen LogP contribution is -1.90. The topological polar surface area (TPSA) is 24.7 Å². The number of rotatable bonds is 5. The van der Waals surface area contributed by atoms with E-state index in [0.717, 1.165) is 14.6 Å². The number of hydrogen-bond donors (Lipinski definition) is 0. The molecule has 0 radical (unpaired) electrons. The predicted octanol–water partition coefficient (Wildman–Crippen LogP) is 5.11. The van der Waals surface area contributed by atoms with Gasteiger partial charge in [-0.1, -0.05) is 18.2 Å². The van der Waals surface area contributed by atoms with Gasteiger partial charge in [-0.05, 0) is 34.3 Å². The van der Waals surface area contributed by atoms with Gasteiger partial charge in [0, 0.05) is 22.2 Å². The Kier molecular flexibility index (Phi) is 4.53. The van der Waals surface area contributed by atoms with Crippen LogP contribution < -0.4 is 0 Å². The van der Waals surface area contributed by atoms with Crippen LogP contribution in [0.5, 0.6) is 0 Å². The fourth-order valence-electron chi connectivity index (χ4n) is 1.64. The zero-order valence-corrected chi connectivity index (χ0v) is 13.0. The van der Waals surface area contributed by atoms with Crippen molar-refractivity contribution in [1.29, 1.82) is 0 Å². The van der Waals surface area contributed by atoms with Crippen molar-refractivity contribution in [3.8, 4) is 0 Å². The molecule has 0 aromatic carbocycles. The van der Waals surface area contributed by atoms with E-state index < -0.39 is 0 Å². The summed E-state index contributed by atoms with van der Waals surface area (Å²) < 4.78 is 0. The molecule has 0 bridgehead atoms. The van der Waals surface area contributed by atoms with E-state index in [2.05, 4.69) is 44.3 Å². The van der Waals surface area contributed by atoms with Gasteiger partial charge >= 0.3 is 0 Å². The fraction of sp³-hybridized carbons (Fsp3) is 0.0667. The first-order valence-electron chi connectivity index (χ1n) is 6.08. The van der Waals surface area contributed by atoms with Gasteiger partial charge in [0.1, 0.15) is 0 Å². The summed E-state index contributed by atoms with van der Waals surface area (Å²) >= 11 is 5.05. The molecule has 2 nitrogen and oxygen atoms in total. The van der Waals surface area contributed by atoms with E-state index in [1.54, 1.807) is 34.0 Å².